The van der Waals surface area contributed by atoms with Crippen molar-refractivity contribution in [2.24, 2.45) is 5.73 Å². The fourth-order valence-electron chi connectivity index (χ4n) is 2.31. The molecule has 0 aromatic heterocycles. The minimum absolute atomic E-state index is 0.00341. The smallest absolute Gasteiger partial charge is 0.256 e. The summed E-state index contributed by atoms with van der Waals surface area (Å²) in [6, 6.07) is 4.02. The van der Waals surface area contributed by atoms with E-state index < -0.39 is 11.7 Å². The van der Waals surface area contributed by atoms with E-state index in [1.165, 1.54) is 23.1 Å². The highest BCUT2D eigenvalue weighted by Gasteiger charge is 2.25. The number of carbonyl (C=O) groups is 2. The highest BCUT2D eigenvalue weighted by atomic mass is 19.1. The first-order valence-corrected chi connectivity index (χ1v) is 7.03. The molecule has 1 aliphatic rings. The van der Waals surface area contributed by atoms with E-state index in [9.17, 15) is 14.0 Å². The fourth-order valence-corrected chi connectivity index (χ4v) is 2.31. The molecule has 1 aromatic rings. The summed E-state index contributed by atoms with van der Waals surface area (Å²) in [6.07, 6.45) is 1.27. The maximum absolute atomic E-state index is 13.9. The van der Waals surface area contributed by atoms with Crippen LogP contribution in [0.4, 0.5) is 10.1 Å². The van der Waals surface area contributed by atoms with Crippen molar-refractivity contribution in [1.82, 2.24) is 4.90 Å². The third-order valence-corrected chi connectivity index (χ3v) is 3.89. The second kappa shape index (κ2) is 6.22. The van der Waals surface area contributed by atoms with Gasteiger partial charge in [-0.25, -0.2) is 4.39 Å². The summed E-state index contributed by atoms with van der Waals surface area (Å²) in [5.41, 5.74) is 6.07. The second-order valence-electron chi connectivity index (χ2n) is 5.31. The van der Waals surface area contributed by atoms with Gasteiger partial charge in [-0.2, -0.15) is 0 Å². The van der Waals surface area contributed by atoms with Gasteiger partial charge < -0.3 is 15.5 Å². The summed E-state index contributed by atoms with van der Waals surface area (Å²) in [7, 11) is 1.59. The highest BCUT2D eigenvalue weighted by Crippen LogP contribution is 2.24. The Labute approximate surface area is 123 Å². The molecule has 0 bridgehead atoms. The van der Waals surface area contributed by atoms with Crippen molar-refractivity contribution in [3.8, 4) is 0 Å². The third kappa shape index (κ3) is 3.05. The van der Waals surface area contributed by atoms with E-state index in [2.05, 4.69) is 0 Å². The van der Waals surface area contributed by atoms with Crippen molar-refractivity contribution < 1.29 is 14.0 Å². The lowest BCUT2D eigenvalue weighted by Gasteiger charge is -2.24. The number of hydrogen-bond acceptors (Lipinski definition) is 3. The summed E-state index contributed by atoms with van der Waals surface area (Å²) in [4.78, 5) is 27.1. The molecular weight excluding hydrogens is 273 g/mol. The minimum atomic E-state index is -0.591. The maximum atomic E-state index is 13.9. The van der Waals surface area contributed by atoms with Crippen LogP contribution in [0.1, 0.15) is 30.1 Å². The molecule has 21 heavy (non-hydrogen) atoms. The number of likely N-dealkylation sites (N-methyl/N-ethyl adjacent to an activating group) is 1. The third-order valence-electron chi connectivity index (χ3n) is 3.89. The Kier molecular flexibility index (Phi) is 4.57. The zero-order chi connectivity index (χ0) is 15.6. The Balaban J connectivity index is 2.31. The topological polar surface area (TPSA) is 66.6 Å². The molecule has 1 saturated heterocycles. The van der Waals surface area contributed by atoms with Crippen molar-refractivity contribution in [2.45, 2.75) is 25.8 Å². The van der Waals surface area contributed by atoms with Crippen LogP contribution >= 0.6 is 0 Å². The van der Waals surface area contributed by atoms with Crippen LogP contribution in [0, 0.1) is 5.82 Å². The lowest BCUT2D eigenvalue weighted by Crippen LogP contribution is -2.40. The molecule has 0 unspecified atom stereocenters. The van der Waals surface area contributed by atoms with Gasteiger partial charge in [0.05, 0.1) is 5.56 Å². The summed E-state index contributed by atoms with van der Waals surface area (Å²) in [6.45, 7) is 2.70. The average Bonchev–Trinajstić information content (AvgIpc) is 2.91. The van der Waals surface area contributed by atoms with E-state index in [-0.39, 0.29) is 17.5 Å². The molecule has 114 valence electrons. The van der Waals surface area contributed by atoms with E-state index in [1.807, 2.05) is 0 Å². The minimum Gasteiger partial charge on any atom is -0.338 e. The standard InChI is InChI=1S/C15H20FN3O2/c1-10(9-17)18(2)15(21)12-8-11(5-6-13(12)16)19-7-3-4-14(19)20/h5-6,8,10H,3-4,7,9,17H2,1-2H3/t10-/m0/s1. The highest BCUT2D eigenvalue weighted by molar-refractivity contribution is 5.99. The van der Waals surface area contributed by atoms with Crippen LogP contribution in [0.2, 0.25) is 0 Å². The largest absolute Gasteiger partial charge is 0.338 e. The monoisotopic (exact) mass is 293 g/mol. The van der Waals surface area contributed by atoms with Crippen molar-refractivity contribution in [3.63, 3.8) is 0 Å². The van der Waals surface area contributed by atoms with Crippen LogP contribution in [0.15, 0.2) is 18.2 Å². The molecule has 2 N–H and O–H groups in total. The lowest BCUT2D eigenvalue weighted by atomic mass is 10.1. The van der Waals surface area contributed by atoms with Gasteiger partial charge in [-0.3, -0.25) is 9.59 Å². The molecule has 1 aliphatic heterocycles. The number of anilines is 1. The van der Waals surface area contributed by atoms with Gasteiger partial charge in [0.2, 0.25) is 5.91 Å². The Hall–Kier alpha value is -1.95. The van der Waals surface area contributed by atoms with Gasteiger partial charge in [-0.05, 0) is 31.5 Å². The number of nitrogens with two attached hydrogens (primary N) is 1. The quantitative estimate of drug-likeness (QED) is 0.912. The Morgan fingerprint density at radius 1 is 1.52 bits per heavy atom. The number of amides is 2. The molecule has 6 heteroatoms. The summed E-state index contributed by atoms with van der Waals surface area (Å²) < 4.78 is 13.9. The average molecular weight is 293 g/mol. The van der Waals surface area contributed by atoms with E-state index in [0.29, 0.717) is 25.2 Å². The molecule has 5 nitrogen and oxygen atoms in total. The van der Waals surface area contributed by atoms with Gasteiger partial charge in [-0.15, -0.1) is 0 Å². The summed E-state index contributed by atoms with van der Waals surface area (Å²) >= 11 is 0. The molecule has 1 heterocycles. The molecule has 0 spiro atoms. The van der Waals surface area contributed by atoms with Crippen molar-refractivity contribution in [2.75, 3.05) is 25.0 Å². The summed E-state index contributed by atoms with van der Waals surface area (Å²) in [5.74, 6) is -1.02. The second-order valence-corrected chi connectivity index (χ2v) is 5.31. The predicted octanol–water partition coefficient (Wildman–Crippen LogP) is 1.37. The Morgan fingerprint density at radius 3 is 2.81 bits per heavy atom. The van der Waals surface area contributed by atoms with Gasteiger partial charge in [-0.1, -0.05) is 0 Å². The van der Waals surface area contributed by atoms with Crippen LogP contribution in [0.25, 0.3) is 0 Å². The molecule has 2 amide bonds. The van der Waals surface area contributed by atoms with Crippen LogP contribution < -0.4 is 10.6 Å². The zero-order valence-electron chi connectivity index (χ0n) is 12.3. The number of carbonyl (C=O) groups excluding carboxylic acids is 2. The van der Waals surface area contributed by atoms with Crippen LogP contribution in [0.3, 0.4) is 0 Å². The predicted molar refractivity (Wildman–Crippen MR) is 78.6 cm³/mol. The molecular formula is C15H20FN3O2. The zero-order valence-corrected chi connectivity index (χ0v) is 12.3. The number of halogens is 1. The van der Waals surface area contributed by atoms with E-state index in [0.717, 1.165) is 6.42 Å². The van der Waals surface area contributed by atoms with Crippen LogP contribution in [-0.2, 0) is 4.79 Å². The number of rotatable bonds is 4. The number of nitrogens with zero attached hydrogens (tertiary/aromatic N) is 2. The first-order chi connectivity index (χ1) is 9.95. The SMILES string of the molecule is C[C@@H](CN)N(C)C(=O)c1cc(N2CCCC2=O)ccc1F. The molecule has 0 saturated carbocycles. The molecule has 1 fully saturated rings. The normalized spacial score (nSPS) is 16.2. The molecule has 2 rings (SSSR count). The van der Waals surface area contributed by atoms with E-state index in [4.69, 9.17) is 5.73 Å². The van der Waals surface area contributed by atoms with Crippen molar-refractivity contribution >= 4 is 17.5 Å². The van der Waals surface area contributed by atoms with E-state index in [1.54, 1.807) is 18.9 Å². The molecule has 0 aliphatic carbocycles. The van der Waals surface area contributed by atoms with Gasteiger partial charge in [0, 0.05) is 38.3 Å². The van der Waals surface area contributed by atoms with Crippen LogP contribution in [-0.4, -0.2) is 42.9 Å². The first kappa shape index (κ1) is 15.4. The fraction of sp³-hybridized carbons (Fsp3) is 0.467. The number of hydrogen-bond donors (Lipinski definition) is 1. The van der Waals surface area contributed by atoms with Crippen LogP contribution in [0.5, 0.6) is 0 Å². The molecule has 1 atom stereocenters. The van der Waals surface area contributed by atoms with Gasteiger partial charge in [0.1, 0.15) is 5.82 Å². The van der Waals surface area contributed by atoms with Crippen molar-refractivity contribution in [3.05, 3.63) is 29.6 Å². The molecule has 0 radical (unpaired) electrons. The van der Waals surface area contributed by atoms with Crippen molar-refractivity contribution in [1.29, 1.82) is 0 Å². The van der Waals surface area contributed by atoms with Gasteiger partial charge in [0.15, 0.2) is 0 Å². The summed E-state index contributed by atoms with van der Waals surface area (Å²) in [5, 5.41) is 0. The van der Waals surface area contributed by atoms with E-state index >= 15 is 0 Å². The number of benzene rings is 1. The maximum Gasteiger partial charge on any atom is 0.256 e. The molecule has 1 aromatic carbocycles. The first-order valence-electron chi connectivity index (χ1n) is 7.03. The Bertz CT molecular complexity index is 562. The van der Waals surface area contributed by atoms with Gasteiger partial charge in [0.25, 0.3) is 5.91 Å². The Morgan fingerprint density at radius 2 is 2.24 bits per heavy atom. The van der Waals surface area contributed by atoms with Gasteiger partial charge >= 0.3 is 0 Å². The lowest BCUT2D eigenvalue weighted by molar-refractivity contribution is -0.117.